The normalized spacial score (nSPS) is 28.3. The molecule has 2 fully saturated rings. The van der Waals surface area contributed by atoms with Crippen molar-refractivity contribution < 1.29 is 9.47 Å². The van der Waals surface area contributed by atoms with Crippen molar-refractivity contribution in [1.82, 2.24) is 0 Å². The third kappa shape index (κ3) is 4.43. The van der Waals surface area contributed by atoms with Gasteiger partial charge in [-0.05, 0) is 53.4 Å². The van der Waals surface area contributed by atoms with Crippen LogP contribution in [0, 0.1) is 0 Å². The maximum Gasteiger partial charge on any atom is 0.0634 e. The van der Waals surface area contributed by atoms with Gasteiger partial charge in [0.2, 0.25) is 0 Å². The van der Waals surface area contributed by atoms with Crippen LogP contribution in [0.15, 0.2) is 0 Å². The first-order chi connectivity index (χ1) is 6.41. The lowest BCUT2D eigenvalue weighted by molar-refractivity contribution is -0.0643. The maximum atomic E-state index is 5.74. The Bertz CT molecular complexity index is 148. The molecule has 2 aliphatic heterocycles. The molecule has 84 valence electrons. The Balaban J connectivity index is 0.000000165. The van der Waals surface area contributed by atoms with Crippen LogP contribution in [0.2, 0.25) is 0 Å². The Kier molecular flexibility index (Phi) is 3.96. The number of hydrogen-bond donors (Lipinski definition) is 0. The van der Waals surface area contributed by atoms with Crippen molar-refractivity contribution >= 4 is 0 Å². The van der Waals surface area contributed by atoms with Gasteiger partial charge in [-0.2, -0.15) is 0 Å². The molecule has 0 bridgehead atoms. The number of hydrogen-bond acceptors (Lipinski definition) is 2. The van der Waals surface area contributed by atoms with Crippen molar-refractivity contribution in [2.24, 2.45) is 0 Å². The van der Waals surface area contributed by atoms with Gasteiger partial charge in [0.15, 0.2) is 0 Å². The zero-order chi connectivity index (χ0) is 10.7. The van der Waals surface area contributed by atoms with Gasteiger partial charge in [-0.3, -0.25) is 0 Å². The van der Waals surface area contributed by atoms with Crippen LogP contribution in [0.5, 0.6) is 0 Å². The van der Waals surface area contributed by atoms with E-state index in [4.69, 9.17) is 9.47 Å². The first kappa shape index (κ1) is 12.0. The zero-order valence-corrected chi connectivity index (χ0v) is 10.1. The fraction of sp³-hybridized carbons (Fsp3) is 1.00. The predicted octanol–water partition coefficient (Wildman–Crippen LogP) is 3.15. The average Bonchev–Trinajstić information content (AvgIpc) is 2.61. The van der Waals surface area contributed by atoms with Gasteiger partial charge < -0.3 is 9.47 Å². The van der Waals surface area contributed by atoms with E-state index in [0.29, 0.717) is 0 Å². The molecule has 14 heavy (non-hydrogen) atoms. The molecule has 0 aromatic carbocycles. The minimum absolute atomic E-state index is 0.128. The van der Waals surface area contributed by atoms with Crippen LogP contribution >= 0.6 is 0 Å². The Hall–Kier alpha value is -0.0800. The van der Waals surface area contributed by atoms with Gasteiger partial charge in [0.1, 0.15) is 0 Å². The highest BCUT2D eigenvalue weighted by molar-refractivity contribution is 4.86. The molecule has 2 aliphatic rings. The quantitative estimate of drug-likeness (QED) is 0.598. The standard InChI is InChI=1S/C8H16O.C4H8O/c1-7(2)5-6-8(3,4)9-7;1-2-4-5-3-1/h5-6H2,1-4H3;1-4H2. The molecule has 0 aliphatic carbocycles. The first-order valence-electron chi connectivity index (χ1n) is 5.69. The molecule has 0 radical (unpaired) electrons. The third-order valence-corrected chi connectivity index (χ3v) is 2.71. The van der Waals surface area contributed by atoms with Crippen molar-refractivity contribution in [3.8, 4) is 0 Å². The van der Waals surface area contributed by atoms with Gasteiger partial charge >= 0.3 is 0 Å². The maximum absolute atomic E-state index is 5.74. The molecule has 0 atom stereocenters. The van der Waals surface area contributed by atoms with Gasteiger partial charge in [-0.1, -0.05) is 0 Å². The lowest BCUT2D eigenvalue weighted by Crippen LogP contribution is -2.25. The zero-order valence-electron chi connectivity index (χ0n) is 10.1. The van der Waals surface area contributed by atoms with Crippen molar-refractivity contribution in [2.45, 2.75) is 64.6 Å². The first-order valence-corrected chi connectivity index (χ1v) is 5.69. The summed E-state index contributed by atoms with van der Waals surface area (Å²) in [4.78, 5) is 0. The van der Waals surface area contributed by atoms with Gasteiger partial charge in [0.25, 0.3) is 0 Å². The van der Waals surface area contributed by atoms with Crippen LogP contribution in [-0.4, -0.2) is 24.4 Å². The summed E-state index contributed by atoms with van der Waals surface area (Å²) in [5.74, 6) is 0. The number of ether oxygens (including phenoxy) is 2. The van der Waals surface area contributed by atoms with Crippen molar-refractivity contribution in [3.05, 3.63) is 0 Å². The molecule has 2 nitrogen and oxygen atoms in total. The van der Waals surface area contributed by atoms with E-state index in [1.54, 1.807) is 0 Å². The van der Waals surface area contributed by atoms with E-state index in [-0.39, 0.29) is 11.2 Å². The predicted molar refractivity (Wildman–Crippen MR) is 58.5 cm³/mol. The fourth-order valence-corrected chi connectivity index (χ4v) is 1.96. The fourth-order valence-electron chi connectivity index (χ4n) is 1.96. The second kappa shape index (κ2) is 4.63. The van der Waals surface area contributed by atoms with E-state index in [1.807, 2.05) is 0 Å². The van der Waals surface area contributed by atoms with E-state index < -0.39 is 0 Å². The highest BCUT2D eigenvalue weighted by Crippen LogP contribution is 2.36. The minimum atomic E-state index is 0.128. The number of rotatable bonds is 0. The minimum Gasteiger partial charge on any atom is -0.381 e. The molecule has 2 heterocycles. The Morgan fingerprint density at radius 2 is 1.21 bits per heavy atom. The monoisotopic (exact) mass is 200 g/mol. The largest absolute Gasteiger partial charge is 0.381 e. The van der Waals surface area contributed by atoms with Crippen molar-refractivity contribution in [2.75, 3.05) is 13.2 Å². The lowest BCUT2D eigenvalue weighted by Gasteiger charge is -2.23. The highest BCUT2D eigenvalue weighted by Gasteiger charge is 2.36. The molecule has 2 rings (SSSR count). The van der Waals surface area contributed by atoms with E-state index in [1.165, 1.54) is 25.7 Å². The van der Waals surface area contributed by atoms with Gasteiger partial charge in [-0.25, -0.2) is 0 Å². The Morgan fingerprint density at radius 1 is 0.786 bits per heavy atom. The third-order valence-electron chi connectivity index (χ3n) is 2.71. The van der Waals surface area contributed by atoms with Crippen LogP contribution in [0.4, 0.5) is 0 Å². The molecule has 0 aromatic rings. The summed E-state index contributed by atoms with van der Waals surface area (Å²) in [6.45, 7) is 10.6. The molecule has 2 heteroatoms. The van der Waals surface area contributed by atoms with Crippen LogP contribution in [0.3, 0.4) is 0 Å². The second-order valence-electron chi connectivity index (χ2n) is 5.44. The van der Waals surface area contributed by atoms with Crippen LogP contribution < -0.4 is 0 Å². The van der Waals surface area contributed by atoms with Crippen LogP contribution in [-0.2, 0) is 9.47 Å². The molecule has 0 aromatic heterocycles. The van der Waals surface area contributed by atoms with Crippen LogP contribution in [0.1, 0.15) is 53.4 Å². The Morgan fingerprint density at radius 3 is 1.36 bits per heavy atom. The van der Waals surface area contributed by atoms with Gasteiger partial charge in [-0.15, -0.1) is 0 Å². The summed E-state index contributed by atoms with van der Waals surface area (Å²) >= 11 is 0. The molecular weight excluding hydrogens is 176 g/mol. The van der Waals surface area contributed by atoms with Gasteiger partial charge in [0, 0.05) is 13.2 Å². The van der Waals surface area contributed by atoms with E-state index in [9.17, 15) is 0 Å². The topological polar surface area (TPSA) is 18.5 Å². The summed E-state index contributed by atoms with van der Waals surface area (Å²) in [5, 5.41) is 0. The molecule has 0 amide bonds. The summed E-state index contributed by atoms with van der Waals surface area (Å²) in [6.07, 6.45) is 4.94. The molecule has 0 N–H and O–H groups in total. The van der Waals surface area contributed by atoms with Crippen LogP contribution in [0.25, 0.3) is 0 Å². The molecular formula is C12H24O2. The molecule has 0 saturated carbocycles. The molecule has 0 spiro atoms. The summed E-state index contributed by atoms with van der Waals surface area (Å²) in [7, 11) is 0. The van der Waals surface area contributed by atoms with E-state index >= 15 is 0 Å². The lowest BCUT2D eigenvalue weighted by atomic mass is 10.0. The van der Waals surface area contributed by atoms with Gasteiger partial charge in [0.05, 0.1) is 11.2 Å². The van der Waals surface area contributed by atoms with E-state index in [0.717, 1.165) is 13.2 Å². The molecule has 0 unspecified atom stereocenters. The summed E-state index contributed by atoms with van der Waals surface area (Å²) in [6, 6.07) is 0. The Labute approximate surface area is 88.0 Å². The molecule has 2 saturated heterocycles. The summed E-state index contributed by atoms with van der Waals surface area (Å²) in [5.41, 5.74) is 0.257. The SMILES string of the molecule is C1CCOC1.CC1(C)CCC(C)(C)O1. The van der Waals surface area contributed by atoms with Crippen molar-refractivity contribution in [1.29, 1.82) is 0 Å². The summed E-state index contributed by atoms with van der Waals surface area (Å²) < 4.78 is 10.7. The second-order valence-corrected chi connectivity index (χ2v) is 5.44. The highest BCUT2D eigenvalue weighted by atomic mass is 16.5. The smallest absolute Gasteiger partial charge is 0.0634 e. The van der Waals surface area contributed by atoms with E-state index in [2.05, 4.69) is 27.7 Å². The average molecular weight is 200 g/mol. The van der Waals surface area contributed by atoms with Crippen molar-refractivity contribution in [3.63, 3.8) is 0 Å².